The monoisotopic (exact) mass is 353 g/mol. The summed E-state index contributed by atoms with van der Waals surface area (Å²) in [5.41, 5.74) is -2.67. The zero-order chi connectivity index (χ0) is 17.0. The van der Waals surface area contributed by atoms with Gasteiger partial charge in [0.25, 0.3) is 0 Å². The highest BCUT2D eigenvalue weighted by molar-refractivity contribution is 8.00. The number of aliphatic carboxylic acids is 3. The standard InChI is InChI=1S/C14H11NO6S2/c16-11(17)10(23-9-1-4-15-5-2-9)14(12(18)19,13(20)21)8-3-6-22-7-8/h1-7,10H,(H,16,17)(H,18,19)(H,20,21). The molecule has 9 heteroatoms. The molecule has 23 heavy (non-hydrogen) atoms. The van der Waals surface area contributed by atoms with Crippen molar-refractivity contribution in [2.45, 2.75) is 15.6 Å². The van der Waals surface area contributed by atoms with E-state index in [1.165, 1.54) is 41.4 Å². The molecule has 0 saturated carbocycles. The van der Waals surface area contributed by atoms with E-state index in [9.17, 15) is 29.7 Å². The van der Waals surface area contributed by atoms with Crippen molar-refractivity contribution in [2.24, 2.45) is 0 Å². The normalized spacial score (nSPS) is 12.5. The van der Waals surface area contributed by atoms with E-state index in [0.717, 1.165) is 11.3 Å². The van der Waals surface area contributed by atoms with Crippen LogP contribution in [0.3, 0.4) is 0 Å². The van der Waals surface area contributed by atoms with E-state index in [1.54, 1.807) is 0 Å². The first-order valence-corrected chi connectivity index (χ1v) is 8.02. The van der Waals surface area contributed by atoms with Crippen molar-refractivity contribution >= 4 is 41.0 Å². The number of hydrogen-bond donors (Lipinski definition) is 3. The molecule has 0 aliphatic rings. The van der Waals surface area contributed by atoms with Crippen LogP contribution in [0.5, 0.6) is 0 Å². The predicted octanol–water partition coefficient (Wildman–Crippen LogP) is 1.80. The van der Waals surface area contributed by atoms with E-state index in [4.69, 9.17) is 0 Å². The Kier molecular flexibility index (Phi) is 5.02. The highest BCUT2D eigenvalue weighted by Crippen LogP contribution is 2.40. The van der Waals surface area contributed by atoms with E-state index in [2.05, 4.69) is 4.98 Å². The fourth-order valence-corrected chi connectivity index (χ4v) is 3.96. The summed E-state index contributed by atoms with van der Waals surface area (Å²) in [5, 5.41) is 29.8. The van der Waals surface area contributed by atoms with E-state index in [0.29, 0.717) is 16.7 Å². The number of hydrogen-bond acceptors (Lipinski definition) is 6. The van der Waals surface area contributed by atoms with Gasteiger partial charge in [-0.05, 0) is 34.5 Å². The Bertz CT molecular complexity index is 702. The molecule has 0 spiro atoms. The minimum atomic E-state index is -2.60. The molecule has 1 unspecified atom stereocenters. The lowest BCUT2D eigenvalue weighted by Gasteiger charge is -2.29. The van der Waals surface area contributed by atoms with Gasteiger partial charge in [-0.2, -0.15) is 11.3 Å². The summed E-state index contributed by atoms with van der Waals surface area (Å²) < 4.78 is 0. The number of carbonyl (C=O) groups is 3. The van der Waals surface area contributed by atoms with Crippen LogP contribution in [0.1, 0.15) is 5.56 Å². The topological polar surface area (TPSA) is 125 Å². The van der Waals surface area contributed by atoms with Crippen LogP contribution in [0.15, 0.2) is 46.2 Å². The Labute approximate surface area is 138 Å². The van der Waals surface area contributed by atoms with Crippen LogP contribution in [0.2, 0.25) is 0 Å². The molecule has 2 aromatic rings. The smallest absolute Gasteiger partial charge is 0.327 e. The number of carboxylic acids is 3. The number of thioether (sulfide) groups is 1. The molecule has 0 bridgehead atoms. The third kappa shape index (κ3) is 3.06. The Morgan fingerprint density at radius 1 is 1.09 bits per heavy atom. The number of carboxylic acid groups (broad SMARTS) is 3. The summed E-state index contributed by atoms with van der Waals surface area (Å²) in [6.07, 6.45) is 2.82. The van der Waals surface area contributed by atoms with Crippen LogP contribution in [0.4, 0.5) is 0 Å². The second-order valence-corrected chi connectivity index (χ2v) is 6.41. The maximum Gasteiger partial charge on any atom is 0.327 e. The quantitative estimate of drug-likeness (QED) is 0.508. The summed E-state index contributed by atoms with van der Waals surface area (Å²) in [7, 11) is 0. The molecule has 2 aromatic heterocycles. The van der Waals surface area contributed by atoms with Crippen molar-refractivity contribution in [1.29, 1.82) is 0 Å². The van der Waals surface area contributed by atoms with Gasteiger partial charge < -0.3 is 15.3 Å². The van der Waals surface area contributed by atoms with Crippen molar-refractivity contribution in [3.8, 4) is 0 Å². The molecular formula is C14H11NO6S2. The Hall–Kier alpha value is -2.39. The van der Waals surface area contributed by atoms with E-state index in [-0.39, 0.29) is 5.56 Å². The molecule has 1 atom stereocenters. The van der Waals surface area contributed by atoms with Gasteiger partial charge in [-0.3, -0.25) is 19.4 Å². The maximum atomic E-state index is 11.8. The number of thiophene rings is 1. The van der Waals surface area contributed by atoms with Gasteiger partial charge in [-0.25, -0.2) is 0 Å². The fourth-order valence-electron chi connectivity index (χ4n) is 2.08. The highest BCUT2D eigenvalue weighted by atomic mass is 32.2. The average Bonchev–Trinajstić information content (AvgIpc) is 3.01. The molecule has 0 aliphatic heterocycles. The van der Waals surface area contributed by atoms with Gasteiger partial charge in [0.2, 0.25) is 5.41 Å². The molecule has 2 heterocycles. The first-order chi connectivity index (χ1) is 10.9. The van der Waals surface area contributed by atoms with Gasteiger partial charge >= 0.3 is 17.9 Å². The molecule has 0 saturated heterocycles. The summed E-state index contributed by atoms with van der Waals surface area (Å²) in [6, 6.07) is 4.29. The number of pyridine rings is 1. The van der Waals surface area contributed by atoms with Gasteiger partial charge in [0, 0.05) is 17.3 Å². The van der Waals surface area contributed by atoms with E-state index in [1.807, 2.05) is 0 Å². The van der Waals surface area contributed by atoms with Crippen LogP contribution in [0, 0.1) is 0 Å². The van der Waals surface area contributed by atoms with Crippen molar-refractivity contribution < 1.29 is 29.7 Å². The summed E-state index contributed by atoms with van der Waals surface area (Å²) in [4.78, 5) is 39.6. The number of nitrogens with zero attached hydrogens (tertiary/aromatic N) is 1. The number of aromatic nitrogens is 1. The van der Waals surface area contributed by atoms with Crippen LogP contribution < -0.4 is 0 Å². The van der Waals surface area contributed by atoms with Crippen molar-refractivity contribution in [1.82, 2.24) is 4.98 Å². The number of rotatable bonds is 7. The molecular weight excluding hydrogens is 342 g/mol. The zero-order valence-corrected chi connectivity index (χ0v) is 13.1. The van der Waals surface area contributed by atoms with Crippen LogP contribution in [-0.2, 0) is 19.8 Å². The molecule has 0 aromatic carbocycles. The largest absolute Gasteiger partial charge is 0.480 e. The van der Waals surface area contributed by atoms with Gasteiger partial charge in [0.15, 0.2) is 0 Å². The lowest BCUT2D eigenvalue weighted by Crippen LogP contribution is -2.54. The van der Waals surface area contributed by atoms with Crippen molar-refractivity contribution in [3.05, 3.63) is 46.9 Å². The second kappa shape index (κ2) is 6.80. The zero-order valence-electron chi connectivity index (χ0n) is 11.4. The Morgan fingerprint density at radius 3 is 2.13 bits per heavy atom. The molecule has 0 amide bonds. The first-order valence-electron chi connectivity index (χ1n) is 6.19. The van der Waals surface area contributed by atoms with Gasteiger partial charge in [0.05, 0.1) is 0 Å². The summed E-state index contributed by atoms with van der Waals surface area (Å²) in [5.74, 6) is -4.97. The average molecular weight is 353 g/mol. The molecule has 0 aliphatic carbocycles. The summed E-state index contributed by atoms with van der Waals surface area (Å²) in [6.45, 7) is 0. The third-order valence-electron chi connectivity index (χ3n) is 3.17. The van der Waals surface area contributed by atoms with E-state index < -0.39 is 28.6 Å². The van der Waals surface area contributed by atoms with Crippen LogP contribution >= 0.6 is 23.1 Å². The lowest BCUT2D eigenvalue weighted by atomic mass is 9.78. The molecule has 2 rings (SSSR count). The highest BCUT2D eigenvalue weighted by Gasteiger charge is 2.58. The van der Waals surface area contributed by atoms with Gasteiger partial charge in [-0.1, -0.05) is 0 Å². The Morgan fingerprint density at radius 2 is 1.70 bits per heavy atom. The molecule has 0 fully saturated rings. The molecule has 3 N–H and O–H groups in total. The van der Waals surface area contributed by atoms with E-state index >= 15 is 0 Å². The lowest BCUT2D eigenvalue weighted by molar-refractivity contribution is -0.161. The van der Waals surface area contributed by atoms with Crippen LogP contribution in [0.25, 0.3) is 0 Å². The minimum absolute atomic E-state index is 0.0727. The SMILES string of the molecule is O=C(O)C(Sc1ccncc1)C(C(=O)O)(C(=O)O)c1ccsc1. The molecule has 0 radical (unpaired) electrons. The van der Waals surface area contributed by atoms with Crippen molar-refractivity contribution in [2.75, 3.05) is 0 Å². The van der Waals surface area contributed by atoms with Gasteiger partial charge in [0.1, 0.15) is 5.25 Å². The van der Waals surface area contributed by atoms with Gasteiger partial charge in [-0.15, -0.1) is 11.8 Å². The maximum absolute atomic E-state index is 11.8. The van der Waals surface area contributed by atoms with Crippen LogP contribution in [-0.4, -0.2) is 43.5 Å². The van der Waals surface area contributed by atoms with Crippen molar-refractivity contribution in [3.63, 3.8) is 0 Å². The molecule has 7 nitrogen and oxygen atoms in total. The molecule has 120 valence electrons. The summed E-state index contributed by atoms with van der Waals surface area (Å²) >= 11 is 1.76. The minimum Gasteiger partial charge on any atom is -0.480 e. The fraction of sp³-hybridized carbons (Fsp3) is 0.143. The Balaban J connectivity index is 2.60. The third-order valence-corrected chi connectivity index (χ3v) is 5.19. The second-order valence-electron chi connectivity index (χ2n) is 4.45. The first kappa shape index (κ1) is 17.0. The predicted molar refractivity (Wildman–Crippen MR) is 82.8 cm³/mol.